The van der Waals surface area contributed by atoms with Gasteiger partial charge in [-0.1, -0.05) is 27.7 Å². The molecule has 1 aromatic rings. The third-order valence-corrected chi connectivity index (χ3v) is 3.15. The number of benzene rings is 1. The van der Waals surface area contributed by atoms with E-state index < -0.39 is 0 Å². The molecule has 1 atom stereocenters. The summed E-state index contributed by atoms with van der Waals surface area (Å²) in [4.78, 5) is 0. The molecule has 114 valence electrons. The smallest absolute Gasteiger partial charge is 0.163 e. The molecular formula is C16H26FNO2. The molecule has 0 aliphatic carbocycles. The summed E-state index contributed by atoms with van der Waals surface area (Å²) in [7, 11) is 3.07. The minimum Gasteiger partial charge on any atom is -0.493 e. The van der Waals surface area contributed by atoms with Crippen molar-refractivity contribution in [2.75, 3.05) is 20.8 Å². The zero-order valence-electron chi connectivity index (χ0n) is 13.3. The SMILES string of the molecule is CCNC(CC(C)(C)C)c1cc(OC)c(OC)cc1F. The molecule has 0 saturated carbocycles. The van der Waals surface area contributed by atoms with Crippen LogP contribution in [-0.2, 0) is 0 Å². The van der Waals surface area contributed by atoms with Crippen molar-refractivity contribution >= 4 is 0 Å². The number of hydrogen-bond acceptors (Lipinski definition) is 3. The van der Waals surface area contributed by atoms with Gasteiger partial charge in [0.15, 0.2) is 11.5 Å². The molecule has 0 aliphatic heterocycles. The first-order valence-corrected chi connectivity index (χ1v) is 6.97. The van der Waals surface area contributed by atoms with Crippen molar-refractivity contribution < 1.29 is 13.9 Å². The summed E-state index contributed by atoms with van der Waals surface area (Å²) in [5.41, 5.74) is 0.728. The predicted octanol–water partition coefficient (Wildman–Crippen LogP) is 3.93. The van der Waals surface area contributed by atoms with Crippen LogP contribution in [-0.4, -0.2) is 20.8 Å². The molecule has 0 amide bonds. The van der Waals surface area contributed by atoms with Gasteiger partial charge < -0.3 is 14.8 Å². The van der Waals surface area contributed by atoms with Crippen LogP contribution in [0, 0.1) is 11.2 Å². The van der Waals surface area contributed by atoms with Crippen molar-refractivity contribution in [2.45, 2.75) is 40.2 Å². The van der Waals surface area contributed by atoms with E-state index in [-0.39, 0.29) is 17.3 Å². The van der Waals surface area contributed by atoms with E-state index in [4.69, 9.17) is 9.47 Å². The van der Waals surface area contributed by atoms with Gasteiger partial charge in [0.2, 0.25) is 0 Å². The molecule has 0 bridgehead atoms. The number of nitrogens with one attached hydrogen (secondary N) is 1. The zero-order chi connectivity index (χ0) is 15.3. The molecule has 0 saturated heterocycles. The van der Waals surface area contributed by atoms with E-state index in [1.807, 2.05) is 6.92 Å². The average molecular weight is 283 g/mol. The normalized spacial score (nSPS) is 13.2. The summed E-state index contributed by atoms with van der Waals surface area (Å²) in [6.07, 6.45) is 0.841. The third kappa shape index (κ3) is 4.37. The first-order chi connectivity index (χ1) is 9.32. The Morgan fingerprint density at radius 1 is 1.15 bits per heavy atom. The van der Waals surface area contributed by atoms with Gasteiger partial charge in [0, 0.05) is 17.7 Å². The standard InChI is InChI=1S/C16H26FNO2/c1-7-18-13(10-16(2,3)4)11-8-14(19-5)15(20-6)9-12(11)17/h8-9,13,18H,7,10H2,1-6H3. The Hall–Kier alpha value is -1.29. The van der Waals surface area contributed by atoms with Crippen LogP contribution >= 0.6 is 0 Å². The minimum absolute atomic E-state index is 0.0418. The fraction of sp³-hybridized carbons (Fsp3) is 0.625. The van der Waals surface area contributed by atoms with Gasteiger partial charge in [-0.15, -0.1) is 0 Å². The lowest BCUT2D eigenvalue weighted by Crippen LogP contribution is -2.26. The molecule has 20 heavy (non-hydrogen) atoms. The summed E-state index contributed by atoms with van der Waals surface area (Å²) < 4.78 is 24.7. The Balaban J connectivity index is 3.18. The van der Waals surface area contributed by atoms with E-state index in [0.29, 0.717) is 17.1 Å². The summed E-state index contributed by atoms with van der Waals surface area (Å²) in [5.74, 6) is 0.707. The molecule has 0 radical (unpaired) electrons. The van der Waals surface area contributed by atoms with E-state index in [9.17, 15) is 4.39 Å². The Labute approximate surface area is 121 Å². The fourth-order valence-electron chi connectivity index (χ4n) is 2.29. The highest BCUT2D eigenvalue weighted by molar-refractivity contribution is 5.44. The zero-order valence-corrected chi connectivity index (χ0v) is 13.3. The van der Waals surface area contributed by atoms with Crippen LogP contribution in [0.3, 0.4) is 0 Å². The number of hydrogen-bond donors (Lipinski definition) is 1. The summed E-state index contributed by atoms with van der Waals surface area (Å²) in [5, 5.41) is 3.35. The Morgan fingerprint density at radius 2 is 1.70 bits per heavy atom. The van der Waals surface area contributed by atoms with Crippen molar-refractivity contribution in [3.05, 3.63) is 23.5 Å². The van der Waals surface area contributed by atoms with Crippen LogP contribution < -0.4 is 14.8 Å². The quantitative estimate of drug-likeness (QED) is 0.858. The molecule has 0 spiro atoms. The highest BCUT2D eigenvalue weighted by Gasteiger charge is 2.23. The minimum atomic E-state index is -0.266. The fourth-order valence-corrected chi connectivity index (χ4v) is 2.29. The molecule has 1 rings (SSSR count). The number of rotatable bonds is 6. The summed E-state index contributed by atoms with van der Waals surface area (Å²) >= 11 is 0. The Bertz CT molecular complexity index is 441. The molecule has 1 unspecified atom stereocenters. The lowest BCUT2D eigenvalue weighted by atomic mass is 9.85. The maximum absolute atomic E-state index is 14.3. The van der Waals surface area contributed by atoms with E-state index in [1.165, 1.54) is 13.2 Å². The molecule has 0 aromatic heterocycles. The van der Waals surface area contributed by atoms with E-state index in [2.05, 4.69) is 26.1 Å². The van der Waals surface area contributed by atoms with E-state index in [1.54, 1.807) is 13.2 Å². The van der Waals surface area contributed by atoms with Gasteiger partial charge in [0.05, 0.1) is 14.2 Å². The van der Waals surface area contributed by atoms with Gasteiger partial charge in [-0.3, -0.25) is 0 Å². The van der Waals surface area contributed by atoms with Crippen molar-refractivity contribution in [1.29, 1.82) is 0 Å². The Morgan fingerprint density at radius 3 is 2.15 bits per heavy atom. The topological polar surface area (TPSA) is 30.5 Å². The van der Waals surface area contributed by atoms with E-state index >= 15 is 0 Å². The first-order valence-electron chi connectivity index (χ1n) is 6.97. The lowest BCUT2D eigenvalue weighted by molar-refractivity contribution is 0.306. The maximum atomic E-state index is 14.3. The van der Waals surface area contributed by atoms with Crippen LogP contribution in [0.1, 0.15) is 45.7 Å². The van der Waals surface area contributed by atoms with Crippen LogP contribution in [0.25, 0.3) is 0 Å². The molecule has 1 N–H and O–H groups in total. The van der Waals surface area contributed by atoms with Gasteiger partial charge in [-0.05, 0) is 24.4 Å². The first kappa shape index (κ1) is 16.8. The van der Waals surface area contributed by atoms with Crippen molar-refractivity contribution in [2.24, 2.45) is 5.41 Å². The monoisotopic (exact) mass is 283 g/mol. The summed E-state index contributed by atoms with van der Waals surface area (Å²) in [6.45, 7) is 9.25. The number of ether oxygens (including phenoxy) is 2. The van der Waals surface area contributed by atoms with Crippen molar-refractivity contribution in [3.8, 4) is 11.5 Å². The highest BCUT2D eigenvalue weighted by Crippen LogP contribution is 2.36. The highest BCUT2D eigenvalue weighted by atomic mass is 19.1. The van der Waals surface area contributed by atoms with Gasteiger partial charge in [0.1, 0.15) is 5.82 Å². The number of methoxy groups -OCH3 is 2. The largest absolute Gasteiger partial charge is 0.493 e. The second-order valence-corrected chi connectivity index (χ2v) is 6.10. The van der Waals surface area contributed by atoms with Crippen molar-refractivity contribution in [1.82, 2.24) is 5.32 Å². The van der Waals surface area contributed by atoms with Gasteiger partial charge >= 0.3 is 0 Å². The maximum Gasteiger partial charge on any atom is 0.163 e. The molecule has 4 heteroatoms. The van der Waals surface area contributed by atoms with Crippen LogP contribution in [0.5, 0.6) is 11.5 Å². The number of halogens is 1. The molecule has 0 aliphatic rings. The molecular weight excluding hydrogens is 257 g/mol. The van der Waals surface area contributed by atoms with Crippen LogP contribution in [0.2, 0.25) is 0 Å². The van der Waals surface area contributed by atoms with E-state index in [0.717, 1.165) is 13.0 Å². The van der Waals surface area contributed by atoms with Crippen LogP contribution in [0.15, 0.2) is 12.1 Å². The summed E-state index contributed by atoms with van der Waals surface area (Å²) in [6, 6.07) is 3.08. The second-order valence-electron chi connectivity index (χ2n) is 6.10. The second kappa shape index (κ2) is 6.93. The van der Waals surface area contributed by atoms with Crippen molar-refractivity contribution in [3.63, 3.8) is 0 Å². The van der Waals surface area contributed by atoms with Crippen LogP contribution in [0.4, 0.5) is 4.39 Å². The predicted molar refractivity (Wildman–Crippen MR) is 80.0 cm³/mol. The third-order valence-electron chi connectivity index (χ3n) is 3.15. The Kier molecular flexibility index (Phi) is 5.81. The average Bonchev–Trinajstić information content (AvgIpc) is 2.36. The molecule has 0 heterocycles. The van der Waals surface area contributed by atoms with Gasteiger partial charge in [-0.2, -0.15) is 0 Å². The molecule has 3 nitrogen and oxygen atoms in total. The molecule has 1 aromatic carbocycles. The van der Waals surface area contributed by atoms with Gasteiger partial charge in [0.25, 0.3) is 0 Å². The van der Waals surface area contributed by atoms with Gasteiger partial charge in [-0.25, -0.2) is 4.39 Å². The lowest BCUT2D eigenvalue weighted by Gasteiger charge is -2.27. The molecule has 0 fully saturated rings.